The number of carbonyl (C=O) groups is 1. The lowest BCUT2D eigenvalue weighted by Crippen LogP contribution is -2.14. The van der Waals surface area contributed by atoms with E-state index in [1.807, 2.05) is 0 Å². The lowest BCUT2D eigenvalue weighted by molar-refractivity contribution is 0.102. The van der Waals surface area contributed by atoms with Gasteiger partial charge >= 0.3 is 0 Å². The van der Waals surface area contributed by atoms with Gasteiger partial charge in [0.1, 0.15) is 5.75 Å². The molecule has 6 nitrogen and oxygen atoms in total. The third kappa shape index (κ3) is 3.59. The zero-order valence-corrected chi connectivity index (χ0v) is 12.0. The molecule has 7 heteroatoms. The van der Waals surface area contributed by atoms with Crippen LogP contribution in [0.1, 0.15) is 15.9 Å². The first-order valence-corrected chi connectivity index (χ1v) is 7.56. The van der Waals surface area contributed by atoms with Crippen LogP contribution >= 0.6 is 0 Å². The number of phenolic OH excluding ortho intramolecular Hbond substituents is 1. The van der Waals surface area contributed by atoms with Gasteiger partial charge < -0.3 is 10.4 Å². The summed E-state index contributed by atoms with van der Waals surface area (Å²) < 4.78 is 22.2. The third-order valence-corrected chi connectivity index (χ3v) is 3.83. The lowest BCUT2D eigenvalue weighted by Gasteiger charge is -2.07. The molecule has 2 aromatic rings. The minimum Gasteiger partial charge on any atom is -0.508 e. The van der Waals surface area contributed by atoms with Gasteiger partial charge in [-0.05, 0) is 55.0 Å². The monoisotopic (exact) mass is 306 g/mol. The molecule has 0 unspecified atom stereocenters. The Balaban J connectivity index is 2.18. The van der Waals surface area contributed by atoms with Gasteiger partial charge in [-0.3, -0.25) is 4.79 Å². The van der Waals surface area contributed by atoms with Crippen LogP contribution in [0.2, 0.25) is 0 Å². The topological polar surface area (TPSA) is 109 Å². The fourth-order valence-corrected chi connectivity index (χ4v) is 2.24. The Hall–Kier alpha value is -2.38. The first-order chi connectivity index (χ1) is 9.77. The summed E-state index contributed by atoms with van der Waals surface area (Å²) in [6, 6.07) is 10.0. The maximum Gasteiger partial charge on any atom is 0.255 e. The molecule has 0 aliphatic carbocycles. The number of amides is 1. The van der Waals surface area contributed by atoms with Crippen LogP contribution in [0.15, 0.2) is 47.4 Å². The second-order valence-corrected chi connectivity index (χ2v) is 6.09. The minimum atomic E-state index is -3.75. The largest absolute Gasteiger partial charge is 0.508 e. The molecule has 0 saturated carbocycles. The van der Waals surface area contributed by atoms with Crippen LogP contribution < -0.4 is 10.5 Å². The summed E-state index contributed by atoms with van der Waals surface area (Å²) in [6.45, 7) is 1.69. The molecule has 0 saturated heterocycles. The number of benzene rings is 2. The van der Waals surface area contributed by atoms with Gasteiger partial charge in [-0.15, -0.1) is 0 Å². The quantitative estimate of drug-likeness (QED) is 0.800. The van der Waals surface area contributed by atoms with E-state index in [1.165, 1.54) is 36.4 Å². The van der Waals surface area contributed by atoms with Crippen molar-refractivity contribution in [2.45, 2.75) is 11.8 Å². The number of carbonyl (C=O) groups excluding carboxylic acids is 1. The Morgan fingerprint density at radius 1 is 1.14 bits per heavy atom. The van der Waals surface area contributed by atoms with Crippen molar-refractivity contribution < 1.29 is 18.3 Å². The summed E-state index contributed by atoms with van der Waals surface area (Å²) in [5, 5.41) is 17.0. The number of phenols is 1. The minimum absolute atomic E-state index is 0.0269. The SMILES string of the molecule is Cc1cc(C(=O)Nc2ccc(S(N)(=O)=O)cc2)ccc1O. The van der Waals surface area contributed by atoms with Gasteiger partial charge in [-0.1, -0.05) is 0 Å². The summed E-state index contributed by atoms with van der Waals surface area (Å²) in [4.78, 5) is 12.0. The van der Waals surface area contributed by atoms with E-state index in [-0.39, 0.29) is 16.6 Å². The van der Waals surface area contributed by atoms with Crippen LogP contribution in [0.3, 0.4) is 0 Å². The van der Waals surface area contributed by atoms with Gasteiger partial charge in [0.05, 0.1) is 4.90 Å². The zero-order valence-electron chi connectivity index (χ0n) is 11.2. The Kier molecular flexibility index (Phi) is 3.97. The summed E-state index contributed by atoms with van der Waals surface area (Å²) in [5.74, 6) is -0.245. The second-order valence-electron chi connectivity index (χ2n) is 4.52. The fourth-order valence-electron chi connectivity index (χ4n) is 1.73. The number of aryl methyl sites for hydroxylation is 1. The number of anilines is 1. The van der Waals surface area contributed by atoms with Gasteiger partial charge in [0.2, 0.25) is 10.0 Å². The van der Waals surface area contributed by atoms with Gasteiger partial charge in [0, 0.05) is 11.3 Å². The van der Waals surface area contributed by atoms with Crippen LogP contribution in [0.4, 0.5) is 5.69 Å². The molecular weight excluding hydrogens is 292 g/mol. The van der Waals surface area contributed by atoms with Crippen molar-refractivity contribution in [3.05, 3.63) is 53.6 Å². The third-order valence-electron chi connectivity index (χ3n) is 2.90. The summed E-state index contributed by atoms with van der Waals surface area (Å²) in [6.07, 6.45) is 0. The second kappa shape index (κ2) is 5.55. The molecule has 0 aromatic heterocycles. The molecule has 21 heavy (non-hydrogen) atoms. The average molecular weight is 306 g/mol. The van der Waals surface area contributed by atoms with E-state index in [0.717, 1.165) is 0 Å². The smallest absolute Gasteiger partial charge is 0.255 e. The molecule has 110 valence electrons. The maximum absolute atomic E-state index is 12.0. The predicted octanol–water partition coefficient (Wildman–Crippen LogP) is 1.60. The number of hydrogen-bond donors (Lipinski definition) is 3. The van der Waals surface area contributed by atoms with E-state index in [1.54, 1.807) is 13.0 Å². The Bertz CT molecular complexity index is 783. The Labute approximate surface area is 122 Å². The van der Waals surface area contributed by atoms with Crippen molar-refractivity contribution in [2.24, 2.45) is 5.14 Å². The molecule has 4 N–H and O–H groups in total. The summed E-state index contributed by atoms with van der Waals surface area (Å²) in [7, 11) is -3.75. The number of nitrogens with one attached hydrogen (secondary N) is 1. The highest BCUT2D eigenvalue weighted by atomic mass is 32.2. The number of aromatic hydroxyl groups is 1. The van der Waals surface area contributed by atoms with Crippen molar-refractivity contribution in [1.29, 1.82) is 0 Å². The van der Waals surface area contributed by atoms with Gasteiger partial charge in [-0.2, -0.15) is 0 Å². The number of hydrogen-bond acceptors (Lipinski definition) is 4. The molecule has 0 spiro atoms. The molecule has 0 fully saturated rings. The standard InChI is InChI=1S/C14H14N2O4S/c1-9-8-10(2-7-13(9)17)14(18)16-11-3-5-12(6-4-11)21(15,19)20/h2-8,17H,1H3,(H,16,18)(H2,15,19,20). The molecule has 0 aliphatic heterocycles. The average Bonchev–Trinajstić information content (AvgIpc) is 2.41. The molecule has 0 radical (unpaired) electrons. The highest BCUT2D eigenvalue weighted by Gasteiger charge is 2.10. The number of nitrogens with two attached hydrogens (primary N) is 1. The predicted molar refractivity (Wildman–Crippen MR) is 78.6 cm³/mol. The molecular formula is C14H14N2O4S. The molecule has 0 aliphatic rings. The lowest BCUT2D eigenvalue weighted by atomic mass is 10.1. The van der Waals surface area contributed by atoms with Crippen LogP contribution in [0.25, 0.3) is 0 Å². The molecule has 2 aromatic carbocycles. The maximum atomic E-state index is 12.0. The van der Waals surface area contributed by atoms with E-state index in [4.69, 9.17) is 5.14 Å². The number of rotatable bonds is 3. The van der Waals surface area contributed by atoms with Crippen molar-refractivity contribution in [3.63, 3.8) is 0 Å². The molecule has 2 rings (SSSR count). The van der Waals surface area contributed by atoms with Crippen LogP contribution in [0, 0.1) is 6.92 Å². The van der Waals surface area contributed by atoms with E-state index in [9.17, 15) is 18.3 Å². The van der Waals surface area contributed by atoms with Gasteiger partial charge in [0.25, 0.3) is 5.91 Å². The normalized spacial score (nSPS) is 11.1. The first-order valence-electron chi connectivity index (χ1n) is 6.01. The first kappa shape index (κ1) is 15.0. The highest BCUT2D eigenvalue weighted by Crippen LogP contribution is 2.18. The summed E-state index contributed by atoms with van der Waals surface area (Å²) >= 11 is 0. The van der Waals surface area contributed by atoms with Crippen molar-refractivity contribution >= 4 is 21.6 Å². The van der Waals surface area contributed by atoms with Crippen molar-refractivity contribution in [3.8, 4) is 5.75 Å². The zero-order chi connectivity index (χ0) is 15.6. The van der Waals surface area contributed by atoms with Crippen molar-refractivity contribution in [1.82, 2.24) is 0 Å². The fraction of sp³-hybridized carbons (Fsp3) is 0.0714. The summed E-state index contributed by atoms with van der Waals surface area (Å²) in [5.41, 5.74) is 1.42. The van der Waals surface area contributed by atoms with Crippen molar-refractivity contribution in [2.75, 3.05) is 5.32 Å². The Morgan fingerprint density at radius 2 is 1.76 bits per heavy atom. The molecule has 0 heterocycles. The van der Waals surface area contributed by atoms with Crippen LogP contribution in [-0.2, 0) is 10.0 Å². The van der Waals surface area contributed by atoms with E-state index >= 15 is 0 Å². The van der Waals surface area contributed by atoms with E-state index in [0.29, 0.717) is 16.8 Å². The van der Waals surface area contributed by atoms with E-state index < -0.39 is 10.0 Å². The molecule has 0 bridgehead atoms. The van der Waals surface area contributed by atoms with Gasteiger partial charge in [-0.25, -0.2) is 13.6 Å². The number of sulfonamides is 1. The molecule has 0 atom stereocenters. The van der Waals surface area contributed by atoms with Gasteiger partial charge in [0.15, 0.2) is 0 Å². The highest BCUT2D eigenvalue weighted by molar-refractivity contribution is 7.89. The number of primary sulfonamides is 1. The van der Waals surface area contributed by atoms with E-state index in [2.05, 4.69) is 5.32 Å². The Morgan fingerprint density at radius 3 is 2.29 bits per heavy atom. The van der Waals surface area contributed by atoms with Crippen LogP contribution in [-0.4, -0.2) is 19.4 Å². The molecule has 1 amide bonds. The van der Waals surface area contributed by atoms with Crippen LogP contribution in [0.5, 0.6) is 5.75 Å².